The van der Waals surface area contributed by atoms with Crippen LogP contribution >= 0.6 is 0 Å². The van der Waals surface area contributed by atoms with Gasteiger partial charge in [-0.1, -0.05) is 0 Å². The Hall–Kier alpha value is -3.97. The molecule has 40 heavy (non-hydrogen) atoms. The molecule has 212 valence electrons. The average molecular weight is 569 g/mol. The normalized spacial score (nSPS) is 19.5. The lowest BCUT2D eigenvalue weighted by atomic mass is 10.1. The van der Waals surface area contributed by atoms with Gasteiger partial charge in [0.2, 0.25) is 5.91 Å². The molecule has 0 saturated carbocycles. The van der Waals surface area contributed by atoms with Crippen molar-refractivity contribution < 1.29 is 27.8 Å². The van der Waals surface area contributed by atoms with Gasteiger partial charge in [0.05, 0.1) is 28.4 Å². The topological polar surface area (TPSA) is 156 Å². The minimum Gasteiger partial charge on any atom is -0.479 e. The van der Waals surface area contributed by atoms with Gasteiger partial charge in [0.25, 0.3) is 5.88 Å². The molecule has 1 unspecified atom stereocenters. The maximum absolute atomic E-state index is 11.7. The van der Waals surface area contributed by atoms with E-state index in [1.165, 1.54) is 6.92 Å². The number of carbonyl (C=O) groups excluding carboxylic acids is 1. The molecule has 1 atom stereocenters. The zero-order chi connectivity index (χ0) is 28.7. The summed E-state index contributed by atoms with van der Waals surface area (Å²) in [5.74, 6) is 1.07. The van der Waals surface area contributed by atoms with Crippen molar-refractivity contribution in [2.75, 3.05) is 35.2 Å². The standard InChI is InChI=1S/C27H32N6O6S/c1-16(34)29-23-11-21(19(12-28-23)20-5-6-22-25(32-20)38-15-26(2,3)39-22)31-24-10-18(9-17(30-24)13-40(36)37)33-8-7-27(4,35)14-33/h5-6,9-12,35,40H,7-8,13-15H2,1-4H3,(H2,28,29,30,31,34). The fourth-order valence-corrected chi connectivity index (χ4v) is 5.10. The number of nitrogens with zero attached hydrogens (tertiary/aromatic N) is 4. The average Bonchev–Trinajstić information content (AvgIpc) is 3.22. The van der Waals surface area contributed by atoms with E-state index in [-0.39, 0.29) is 11.7 Å². The van der Waals surface area contributed by atoms with Gasteiger partial charge >= 0.3 is 0 Å². The van der Waals surface area contributed by atoms with Gasteiger partial charge < -0.3 is 30.1 Å². The predicted octanol–water partition coefficient (Wildman–Crippen LogP) is 2.86. The van der Waals surface area contributed by atoms with Crippen LogP contribution in [0.2, 0.25) is 0 Å². The van der Waals surface area contributed by atoms with Crippen LogP contribution in [-0.2, 0) is 21.3 Å². The Balaban J connectivity index is 1.55. The molecule has 5 heterocycles. The van der Waals surface area contributed by atoms with Crippen molar-refractivity contribution >= 4 is 39.6 Å². The summed E-state index contributed by atoms with van der Waals surface area (Å²) in [6.45, 7) is 8.38. The molecular weight excluding hydrogens is 536 g/mol. The van der Waals surface area contributed by atoms with Crippen LogP contribution in [0.3, 0.4) is 0 Å². The Labute approximate surface area is 233 Å². The van der Waals surface area contributed by atoms with Crippen LogP contribution < -0.4 is 25.0 Å². The van der Waals surface area contributed by atoms with Crippen molar-refractivity contribution in [3.63, 3.8) is 0 Å². The zero-order valence-corrected chi connectivity index (χ0v) is 23.6. The number of hydrogen-bond donors (Lipinski definition) is 4. The van der Waals surface area contributed by atoms with Gasteiger partial charge in [-0.2, -0.15) is 0 Å². The van der Waals surface area contributed by atoms with Gasteiger partial charge in [0, 0.05) is 49.6 Å². The van der Waals surface area contributed by atoms with Gasteiger partial charge in [0.1, 0.15) is 34.5 Å². The fourth-order valence-electron chi connectivity index (χ4n) is 4.67. The SMILES string of the molecule is CC(=O)Nc1cc(Nc2cc(N3CCC(C)(O)C3)cc(C[SH](=O)=O)n2)c(-c2ccc3c(n2)OCC(C)(C)O3)cn1. The van der Waals surface area contributed by atoms with E-state index in [9.17, 15) is 18.3 Å². The quantitative estimate of drug-likeness (QED) is 0.311. The van der Waals surface area contributed by atoms with E-state index in [1.54, 1.807) is 43.5 Å². The highest BCUT2D eigenvalue weighted by Gasteiger charge is 2.32. The van der Waals surface area contributed by atoms with E-state index >= 15 is 0 Å². The highest BCUT2D eigenvalue weighted by Crippen LogP contribution is 2.38. The molecular formula is C27H32N6O6S. The third kappa shape index (κ3) is 6.42. The molecule has 0 spiro atoms. The van der Waals surface area contributed by atoms with E-state index in [4.69, 9.17) is 9.47 Å². The van der Waals surface area contributed by atoms with Crippen molar-refractivity contribution in [3.05, 3.63) is 42.2 Å². The number of carbonyl (C=O) groups is 1. The molecule has 2 aliphatic heterocycles. The third-order valence-corrected chi connectivity index (χ3v) is 7.07. The molecule has 1 saturated heterocycles. The van der Waals surface area contributed by atoms with Crippen molar-refractivity contribution in [3.8, 4) is 22.9 Å². The summed E-state index contributed by atoms with van der Waals surface area (Å²) in [6.07, 6.45) is 2.16. The van der Waals surface area contributed by atoms with Crippen molar-refractivity contribution in [2.45, 2.75) is 51.1 Å². The largest absolute Gasteiger partial charge is 0.479 e. The number of β-amino-alcohol motifs (C(OH)–C–C–N with tert-alkyl or cyclic N) is 1. The number of anilines is 4. The number of nitrogens with one attached hydrogen (secondary N) is 2. The van der Waals surface area contributed by atoms with E-state index in [1.807, 2.05) is 18.7 Å². The molecule has 3 N–H and O–H groups in total. The number of pyridine rings is 3. The van der Waals surface area contributed by atoms with E-state index in [2.05, 4.69) is 25.6 Å². The summed E-state index contributed by atoms with van der Waals surface area (Å²) in [4.78, 5) is 27.3. The first-order valence-electron chi connectivity index (χ1n) is 12.8. The highest BCUT2D eigenvalue weighted by atomic mass is 32.2. The van der Waals surface area contributed by atoms with Crippen molar-refractivity contribution in [2.24, 2.45) is 0 Å². The first-order valence-corrected chi connectivity index (χ1v) is 14.2. The molecule has 0 aromatic carbocycles. The summed E-state index contributed by atoms with van der Waals surface area (Å²) in [7, 11) is -2.71. The lowest BCUT2D eigenvalue weighted by Gasteiger charge is -2.31. The van der Waals surface area contributed by atoms with Crippen LogP contribution in [0.1, 0.15) is 39.8 Å². The Bertz CT molecular complexity index is 1530. The zero-order valence-electron chi connectivity index (χ0n) is 22.7. The smallest absolute Gasteiger partial charge is 0.257 e. The summed E-state index contributed by atoms with van der Waals surface area (Å²) in [5.41, 5.74) is 1.44. The van der Waals surface area contributed by atoms with Crippen LogP contribution in [0, 0.1) is 0 Å². The molecule has 5 rings (SSSR count). The van der Waals surface area contributed by atoms with Gasteiger partial charge in [-0.05, 0) is 45.4 Å². The first kappa shape index (κ1) is 27.6. The number of hydrogen-bond acceptors (Lipinski definition) is 11. The van der Waals surface area contributed by atoms with Gasteiger partial charge in [-0.3, -0.25) is 4.79 Å². The molecule has 3 aromatic heterocycles. The minimum absolute atomic E-state index is 0.234. The van der Waals surface area contributed by atoms with Gasteiger partial charge in [-0.15, -0.1) is 0 Å². The second kappa shape index (κ2) is 10.5. The van der Waals surface area contributed by atoms with E-state index < -0.39 is 21.9 Å². The van der Waals surface area contributed by atoms with Crippen molar-refractivity contribution in [1.82, 2.24) is 15.0 Å². The molecule has 0 bridgehead atoms. The molecule has 12 nitrogen and oxygen atoms in total. The van der Waals surface area contributed by atoms with Crippen LogP contribution in [-0.4, -0.2) is 65.3 Å². The van der Waals surface area contributed by atoms with Crippen LogP contribution in [0.4, 0.5) is 23.0 Å². The predicted molar refractivity (Wildman–Crippen MR) is 151 cm³/mol. The maximum Gasteiger partial charge on any atom is 0.257 e. The van der Waals surface area contributed by atoms with E-state index in [0.29, 0.717) is 72.0 Å². The molecule has 3 aromatic rings. The lowest BCUT2D eigenvalue weighted by Crippen LogP contribution is -2.39. The molecule has 1 fully saturated rings. The highest BCUT2D eigenvalue weighted by molar-refractivity contribution is 7.71. The lowest BCUT2D eigenvalue weighted by molar-refractivity contribution is -0.114. The number of fused-ring (bicyclic) bond motifs is 1. The number of aliphatic hydroxyl groups is 1. The molecule has 2 aliphatic rings. The van der Waals surface area contributed by atoms with Crippen LogP contribution in [0.25, 0.3) is 11.3 Å². The van der Waals surface area contributed by atoms with Crippen molar-refractivity contribution in [1.29, 1.82) is 0 Å². The Morgan fingerprint density at radius 1 is 1.15 bits per heavy atom. The second-order valence-corrected chi connectivity index (χ2v) is 11.9. The molecule has 13 heteroatoms. The Kier molecular flexibility index (Phi) is 7.27. The maximum atomic E-state index is 11.7. The molecule has 0 aliphatic carbocycles. The summed E-state index contributed by atoms with van der Waals surface area (Å²) in [5, 5.41) is 16.4. The van der Waals surface area contributed by atoms with Gasteiger partial charge in [0.15, 0.2) is 5.75 Å². The molecule has 1 amide bonds. The summed E-state index contributed by atoms with van der Waals surface area (Å²) >= 11 is 0. The van der Waals surface area contributed by atoms with Crippen LogP contribution in [0.15, 0.2) is 36.5 Å². The Morgan fingerprint density at radius 2 is 1.95 bits per heavy atom. The van der Waals surface area contributed by atoms with Crippen LogP contribution in [0.5, 0.6) is 11.6 Å². The first-order chi connectivity index (χ1) is 18.9. The summed E-state index contributed by atoms with van der Waals surface area (Å²) < 4.78 is 34.9. The second-order valence-electron chi connectivity index (χ2n) is 10.9. The number of aromatic nitrogens is 3. The molecule has 0 radical (unpaired) electrons. The number of amides is 1. The third-order valence-electron chi connectivity index (χ3n) is 6.49. The number of ether oxygens (including phenoxy) is 2. The number of rotatable bonds is 7. The number of thiol groups is 1. The monoisotopic (exact) mass is 568 g/mol. The van der Waals surface area contributed by atoms with Gasteiger partial charge in [-0.25, -0.2) is 23.4 Å². The Morgan fingerprint density at radius 3 is 2.65 bits per heavy atom. The fraction of sp³-hybridized carbons (Fsp3) is 0.407. The summed E-state index contributed by atoms with van der Waals surface area (Å²) in [6, 6.07) is 8.74. The minimum atomic E-state index is -2.71. The van der Waals surface area contributed by atoms with E-state index in [0.717, 1.165) is 5.69 Å².